The molecule has 0 heterocycles. The molecule has 0 aromatic heterocycles. The summed E-state index contributed by atoms with van der Waals surface area (Å²) in [6.45, 7) is 2.43. The zero-order valence-electron chi connectivity index (χ0n) is 9.48. The van der Waals surface area contributed by atoms with Crippen LogP contribution in [0.5, 0.6) is 0 Å². The van der Waals surface area contributed by atoms with Crippen LogP contribution < -0.4 is 5.73 Å². The molecule has 15 heavy (non-hydrogen) atoms. The van der Waals surface area contributed by atoms with Crippen molar-refractivity contribution in [3.8, 4) is 0 Å². The third-order valence-electron chi connectivity index (χ3n) is 2.97. The van der Waals surface area contributed by atoms with E-state index in [9.17, 15) is 8.42 Å². The van der Waals surface area contributed by atoms with Crippen LogP contribution in [-0.2, 0) is 9.84 Å². The predicted molar refractivity (Wildman–Crippen MR) is 62.6 cm³/mol. The summed E-state index contributed by atoms with van der Waals surface area (Å²) in [5.74, 6) is 0.292. The Morgan fingerprint density at radius 3 is 2.40 bits per heavy atom. The summed E-state index contributed by atoms with van der Waals surface area (Å²) >= 11 is 0. The molecule has 1 aliphatic rings. The Morgan fingerprint density at radius 2 is 2.00 bits per heavy atom. The molecule has 0 amide bonds. The molecule has 90 valence electrons. The Hall–Kier alpha value is -0.130. The van der Waals surface area contributed by atoms with Crippen LogP contribution in [0.4, 0.5) is 0 Å². The van der Waals surface area contributed by atoms with Gasteiger partial charge in [-0.25, -0.2) is 8.42 Å². The number of rotatable bonds is 7. The Bertz CT molecular complexity index is 273. The summed E-state index contributed by atoms with van der Waals surface area (Å²) < 4.78 is 22.0. The standard InChI is InChI=1S/C10H22N2O2S/c1-15(13,14)9-3-7-12(8-6-11)10-4-2-5-10/h10H,2-9,11H2,1H3. The van der Waals surface area contributed by atoms with Gasteiger partial charge >= 0.3 is 0 Å². The molecule has 0 atom stereocenters. The van der Waals surface area contributed by atoms with E-state index in [1.165, 1.54) is 25.5 Å². The van der Waals surface area contributed by atoms with Gasteiger partial charge in [-0.05, 0) is 25.8 Å². The van der Waals surface area contributed by atoms with E-state index in [-0.39, 0.29) is 0 Å². The zero-order chi connectivity index (χ0) is 11.3. The van der Waals surface area contributed by atoms with Crippen molar-refractivity contribution in [3.05, 3.63) is 0 Å². The highest BCUT2D eigenvalue weighted by Gasteiger charge is 2.23. The molecular weight excluding hydrogens is 212 g/mol. The maximum absolute atomic E-state index is 11.0. The lowest BCUT2D eigenvalue weighted by atomic mass is 9.91. The zero-order valence-corrected chi connectivity index (χ0v) is 10.3. The third kappa shape index (κ3) is 4.95. The second-order valence-corrected chi connectivity index (χ2v) is 6.65. The lowest BCUT2D eigenvalue weighted by Crippen LogP contribution is -2.43. The molecule has 0 spiro atoms. The van der Waals surface area contributed by atoms with Crippen LogP contribution in [0.3, 0.4) is 0 Å². The van der Waals surface area contributed by atoms with E-state index in [0.29, 0.717) is 18.3 Å². The van der Waals surface area contributed by atoms with E-state index in [2.05, 4.69) is 4.90 Å². The van der Waals surface area contributed by atoms with Gasteiger partial charge in [-0.2, -0.15) is 0 Å². The number of hydrogen-bond acceptors (Lipinski definition) is 4. The van der Waals surface area contributed by atoms with Crippen molar-refractivity contribution in [1.29, 1.82) is 0 Å². The van der Waals surface area contributed by atoms with E-state index >= 15 is 0 Å². The normalized spacial score (nSPS) is 18.1. The van der Waals surface area contributed by atoms with Crippen LogP contribution >= 0.6 is 0 Å². The first-order chi connectivity index (χ1) is 7.03. The summed E-state index contributed by atoms with van der Waals surface area (Å²) in [4.78, 5) is 2.34. The lowest BCUT2D eigenvalue weighted by molar-refractivity contribution is 0.131. The highest BCUT2D eigenvalue weighted by Crippen LogP contribution is 2.24. The summed E-state index contributed by atoms with van der Waals surface area (Å²) in [7, 11) is -2.81. The molecule has 2 N–H and O–H groups in total. The van der Waals surface area contributed by atoms with Gasteiger partial charge in [0.25, 0.3) is 0 Å². The van der Waals surface area contributed by atoms with Crippen LogP contribution in [0, 0.1) is 0 Å². The summed E-state index contributed by atoms with van der Waals surface area (Å²) in [5.41, 5.74) is 5.54. The number of nitrogens with two attached hydrogens (primary N) is 1. The Kier molecular flexibility index (Phi) is 5.02. The topological polar surface area (TPSA) is 63.4 Å². The van der Waals surface area contributed by atoms with Crippen molar-refractivity contribution in [2.75, 3.05) is 31.6 Å². The molecule has 0 aromatic carbocycles. The van der Waals surface area contributed by atoms with Gasteiger partial charge in [0, 0.05) is 25.4 Å². The molecule has 4 nitrogen and oxygen atoms in total. The average Bonchev–Trinajstić information content (AvgIpc) is 1.98. The first kappa shape index (κ1) is 12.9. The van der Waals surface area contributed by atoms with Gasteiger partial charge in [0.1, 0.15) is 9.84 Å². The van der Waals surface area contributed by atoms with Crippen LogP contribution in [0.25, 0.3) is 0 Å². The van der Waals surface area contributed by atoms with Crippen LogP contribution in [0.15, 0.2) is 0 Å². The van der Waals surface area contributed by atoms with Crippen LogP contribution in [0.2, 0.25) is 0 Å². The molecular formula is C10H22N2O2S. The molecule has 1 fully saturated rings. The van der Waals surface area contributed by atoms with Crippen molar-refractivity contribution < 1.29 is 8.42 Å². The fourth-order valence-electron chi connectivity index (χ4n) is 1.92. The van der Waals surface area contributed by atoms with Gasteiger partial charge in [0.15, 0.2) is 0 Å². The SMILES string of the molecule is CS(=O)(=O)CCCN(CCN)C1CCC1. The van der Waals surface area contributed by atoms with Gasteiger partial charge in [0.2, 0.25) is 0 Å². The Morgan fingerprint density at radius 1 is 1.33 bits per heavy atom. The van der Waals surface area contributed by atoms with E-state index in [4.69, 9.17) is 5.73 Å². The summed E-state index contributed by atoms with van der Waals surface area (Å²) in [6.07, 6.45) is 5.83. The first-order valence-corrected chi connectivity index (χ1v) is 7.71. The average molecular weight is 234 g/mol. The summed E-state index contributed by atoms with van der Waals surface area (Å²) in [6, 6.07) is 0.660. The molecule has 0 saturated heterocycles. The van der Waals surface area contributed by atoms with Crippen molar-refractivity contribution in [1.82, 2.24) is 4.90 Å². The van der Waals surface area contributed by atoms with Crippen molar-refractivity contribution in [2.24, 2.45) is 5.73 Å². The van der Waals surface area contributed by atoms with Crippen molar-refractivity contribution >= 4 is 9.84 Å². The number of nitrogens with zero attached hydrogens (tertiary/aromatic N) is 1. The van der Waals surface area contributed by atoms with Gasteiger partial charge in [-0.15, -0.1) is 0 Å². The molecule has 0 aromatic rings. The second kappa shape index (κ2) is 5.82. The maximum atomic E-state index is 11.0. The monoisotopic (exact) mass is 234 g/mol. The lowest BCUT2D eigenvalue weighted by Gasteiger charge is -2.37. The van der Waals surface area contributed by atoms with Gasteiger partial charge in [0.05, 0.1) is 5.75 Å². The Balaban J connectivity index is 2.25. The second-order valence-electron chi connectivity index (χ2n) is 4.39. The van der Waals surface area contributed by atoms with Gasteiger partial charge < -0.3 is 5.73 Å². The smallest absolute Gasteiger partial charge is 0.147 e. The molecule has 0 bridgehead atoms. The first-order valence-electron chi connectivity index (χ1n) is 5.65. The van der Waals surface area contributed by atoms with E-state index < -0.39 is 9.84 Å². The molecule has 1 rings (SSSR count). The predicted octanol–water partition coefficient (Wildman–Crippen LogP) is 0.234. The fraction of sp³-hybridized carbons (Fsp3) is 1.00. The van der Waals surface area contributed by atoms with Crippen molar-refractivity contribution in [2.45, 2.75) is 31.7 Å². The third-order valence-corrected chi connectivity index (χ3v) is 4.00. The van der Waals surface area contributed by atoms with Crippen LogP contribution in [0.1, 0.15) is 25.7 Å². The van der Waals surface area contributed by atoms with Crippen molar-refractivity contribution in [3.63, 3.8) is 0 Å². The maximum Gasteiger partial charge on any atom is 0.147 e. The minimum atomic E-state index is -2.81. The minimum absolute atomic E-state index is 0.292. The largest absolute Gasteiger partial charge is 0.329 e. The van der Waals surface area contributed by atoms with E-state index in [1.54, 1.807) is 0 Å². The van der Waals surface area contributed by atoms with E-state index in [0.717, 1.165) is 19.5 Å². The molecule has 1 saturated carbocycles. The minimum Gasteiger partial charge on any atom is -0.329 e. The molecule has 1 aliphatic carbocycles. The van der Waals surface area contributed by atoms with E-state index in [1.807, 2.05) is 0 Å². The van der Waals surface area contributed by atoms with Gasteiger partial charge in [-0.3, -0.25) is 4.90 Å². The Labute approximate surface area is 92.7 Å². The highest BCUT2D eigenvalue weighted by atomic mass is 32.2. The van der Waals surface area contributed by atoms with Crippen LogP contribution in [-0.4, -0.2) is 51.0 Å². The fourth-order valence-corrected chi connectivity index (χ4v) is 2.58. The molecule has 5 heteroatoms. The molecule has 0 aliphatic heterocycles. The number of sulfone groups is 1. The summed E-state index contributed by atoms with van der Waals surface area (Å²) in [5, 5.41) is 0. The molecule has 0 radical (unpaired) electrons. The quantitative estimate of drug-likeness (QED) is 0.685. The molecule has 0 unspecified atom stereocenters. The number of hydrogen-bond donors (Lipinski definition) is 1. The highest BCUT2D eigenvalue weighted by molar-refractivity contribution is 7.90. The van der Waals surface area contributed by atoms with Gasteiger partial charge in [-0.1, -0.05) is 6.42 Å².